The van der Waals surface area contributed by atoms with Gasteiger partial charge < -0.3 is 20.1 Å². The lowest BCUT2D eigenvalue weighted by Gasteiger charge is -2.19. The maximum Gasteiger partial charge on any atom is 0.319 e. The van der Waals surface area contributed by atoms with Gasteiger partial charge in [-0.1, -0.05) is 24.3 Å². The monoisotopic (exact) mass is 340 g/mol. The molecule has 2 amide bonds. The van der Waals surface area contributed by atoms with E-state index in [0.717, 1.165) is 29.8 Å². The number of carbonyl (C=O) groups excluding carboxylic acids is 1. The number of aryl methyl sites for hydroxylation is 1. The molecular formula is C20H24N2O3. The van der Waals surface area contributed by atoms with Crippen LogP contribution >= 0.6 is 0 Å². The van der Waals surface area contributed by atoms with Crippen LogP contribution in [0.1, 0.15) is 24.0 Å². The Morgan fingerprint density at radius 1 is 1.08 bits per heavy atom. The molecule has 0 radical (unpaired) electrons. The van der Waals surface area contributed by atoms with Crippen molar-refractivity contribution in [3.8, 4) is 11.5 Å². The largest absolute Gasteiger partial charge is 0.493 e. The topological polar surface area (TPSA) is 59.6 Å². The molecule has 0 atom stereocenters. The van der Waals surface area contributed by atoms with Crippen LogP contribution in [0.3, 0.4) is 0 Å². The number of methoxy groups -OCH3 is 2. The number of hydrogen-bond donors (Lipinski definition) is 2. The average molecular weight is 340 g/mol. The van der Waals surface area contributed by atoms with Crippen molar-refractivity contribution in [2.45, 2.75) is 25.2 Å². The van der Waals surface area contributed by atoms with Crippen LogP contribution in [0.15, 0.2) is 42.5 Å². The minimum absolute atomic E-state index is 0.0113. The van der Waals surface area contributed by atoms with Crippen molar-refractivity contribution in [3.63, 3.8) is 0 Å². The lowest BCUT2D eigenvalue weighted by atomic mass is 9.95. The SMILES string of the molecule is COc1ccc(C2(CNC(=O)Nc3ccccc3C)CC2)cc1OC. The zero-order valence-electron chi connectivity index (χ0n) is 14.9. The molecular weight excluding hydrogens is 316 g/mol. The predicted octanol–water partition coefficient (Wildman–Crippen LogP) is 3.87. The molecule has 0 spiro atoms. The number of anilines is 1. The third-order valence-corrected chi connectivity index (χ3v) is 4.83. The van der Waals surface area contributed by atoms with Gasteiger partial charge >= 0.3 is 6.03 Å². The first-order chi connectivity index (χ1) is 12.1. The zero-order valence-corrected chi connectivity index (χ0v) is 14.9. The van der Waals surface area contributed by atoms with Crippen molar-refractivity contribution >= 4 is 11.7 Å². The Hall–Kier alpha value is -2.69. The number of benzene rings is 2. The van der Waals surface area contributed by atoms with E-state index in [2.05, 4.69) is 16.7 Å². The van der Waals surface area contributed by atoms with E-state index in [1.165, 1.54) is 5.56 Å². The Morgan fingerprint density at radius 3 is 2.44 bits per heavy atom. The quantitative estimate of drug-likeness (QED) is 0.839. The molecule has 132 valence electrons. The van der Waals surface area contributed by atoms with Crippen molar-refractivity contribution in [3.05, 3.63) is 53.6 Å². The van der Waals surface area contributed by atoms with E-state index in [0.29, 0.717) is 12.3 Å². The summed E-state index contributed by atoms with van der Waals surface area (Å²) in [5.41, 5.74) is 3.03. The highest BCUT2D eigenvalue weighted by atomic mass is 16.5. The zero-order chi connectivity index (χ0) is 17.9. The van der Waals surface area contributed by atoms with Crippen molar-refractivity contribution in [1.29, 1.82) is 0 Å². The summed E-state index contributed by atoms with van der Waals surface area (Å²) < 4.78 is 10.7. The van der Waals surface area contributed by atoms with Crippen LogP contribution in [-0.4, -0.2) is 26.8 Å². The van der Waals surface area contributed by atoms with Crippen LogP contribution in [0.5, 0.6) is 11.5 Å². The van der Waals surface area contributed by atoms with E-state index in [1.54, 1.807) is 14.2 Å². The van der Waals surface area contributed by atoms with Crippen molar-refractivity contribution in [1.82, 2.24) is 5.32 Å². The van der Waals surface area contributed by atoms with Gasteiger partial charge in [0.15, 0.2) is 11.5 Å². The molecule has 1 aliphatic carbocycles. The van der Waals surface area contributed by atoms with E-state index in [4.69, 9.17) is 9.47 Å². The number of rotatable bonds is 6. The fraction of sp³-hybridized carbons (Fsp3) is 0.350. The molecule has 2 aromatic rings. The lowest BCUT2D eigenvalue weighted by Crippen LogP contribution is -2.35. The van der Waals surface area contributed by atoms with E-state index in [1.807, 2.05) is 43.3 Å². The second-order valence-corrected chi connectivity index (χ2v) is 6.47. The van der Waals surface area contributed by atoms with Crippen molar-refractivity contribution < 1.29 is 14.3 Å². The normalized spacial score (nSPS) is 14.5. The van der Waals surface area contributed by atoms with Gasteiger partial charge in [0.1, 0.15) is 0 Å². The van der Waals surface area contributed by atoms with E-state index < -0.39 is 0 Å². The molecule has 1 saturated carbocycles. The number of nitrogens with one attached hydrogen (secondary N) is 2. The van der Waals surface area contributed by atoms with Crippen LogP contribution in [0.25, 0.3) is 0 Å². The Kier molecular flexibility index (Phi) is 4.83. The minimum Gasteiger partial charge on any atom is -0.493 e. The first-order valence-corrected chi connectivity index (χ1v) is 8.41. The highest BCUT2D eigenvalue weighted by Gasteiger charge is 2.44. The molecule has 5 nitrogen and oxygen atoms in total. The Balaban J connectivity index is 1.65. The van der Waals surface area contributed by atoms with Gasteiger partial charge in [0.2, 0.25) is 0 Å². The molecule has 0 saturated heterocycles. The predicted molar refractivity (Wildman–Crippen MR) is 98.7 cm³/mol. The van der Waals surface area contributed by atoms with Crippen LogP contribution in [0.4, 0.5) is 10.5 Å². The summed E-state index contributed by atoms with van der Waals surface area (Å²) in [4.78, 5) is 12.2. The molecule has 0 heterocycles. The van der Waals surface area contributed by atoms with Gasteiger partial charge in [0, 0.05) is 17.6 Å². The molecule has 25 heavy (non-hydrogen) atoms. The molecule has 1 aliphatic rings. The smallest absolute Gasteiger partial charge is 0.319 e. The number of para-hydroxylation sites is 1. The maximum atomic E-state index is 12.2. The van der Waals surface area contributed by atoms with E-state index in [9.17, 15) is 4.79 Å². The number of amides is 2. The molecule has 3 rings (SSSR count). The summed E-state index contributed by atoms with van der Waals surface area (Å²) in [5.74, 6) is 1.43. The number of ether oxygens (including phenoxy) is 2. The van der Waals surface area contributed by atoms with E-state index in [-0.39, 0.29) is 11.4 Å². The molecule has 0 bridgehead atoms. The van der Waals surface area contributed by atoms with Gasteiger partial charge in [-0.25, -0.2) is 4.79 Å². The van der Waals surface area contributed by atoms with Gasteiger partial charge in [0.05, 0.1) is 14.2 Å². The van der Waals surface area contributed by atoms with Crippen LogP contribution in [0.2, 0.25) is 0 Å². The van der Waals surface area contributed by atoms with Gasteiger partial charge in [-0.2, -0.15) is 0 Å². The van der Waals surface area contributed by atoms with Gasteiger partial charge in [0.25, 0.3) is 0 Å². The Morgan fingerprint density at radius 2 is 1.80 bits per heavy atom. The fourth-order valence-electron chi connectivity index (χ4n) is 3.01. The summed E-state index contributed by atoms with van der Waals surface area (Å²) in [5, 5.41) is 5.91. The summed E-state index contributed by atoms with van der Waals surface area (Å²) in [6, 6.07) is 13.5. The molecule has 2 aromatic carbocycles. The van der Waals surface area contributed by atoms with Crippen LogP contribution < -0.4 is 20.1 Å². The van der Waals surface area contributed by atoms with Crippen molar-refractivity contribution in [2.24, 2.45) is 0 Å². The van der Waals surface area contributed by atoms with Crippen molar-refractivity contribution in [2.75, 3.05) is 26.1 Å². The third kappa shape index (κ3) is 3.71. The van der Waals surface area contributed by atoms with Crippen LogP contribution in [-0.2, 0) is 5.41 Å². The average Bonchev–Trinajstić information content (AvgIpc) is 3.42. The summed E-state index contributed by atoms with van der Waals surface area (Å²) in [7, 11) is 3.26. The second kappa shape index (κ2) is 7.05. The summed E-state index contributed by atoms with van der Waals surface area (Å²) in [6.45, 7) is 2.57. The molecule has 0 unspecified atom stereocenters. The van der Waals surface area contributed by atoms with Gasteiger partial charge in [-0.15, -0.1) is 0 Å². The van der Waals surface area contributed by atoms with E-state index >= 15 is 0 Å². The summed E-state index contributed by atoms with van der Waals surface area (Å²) >= 11 is 0. The van der Waals surface area contributed by atoms with Crippen LogP contribution in [0, 0.1) is 6.92 Å². The Labute approximate surface area is 148 Å². The highest BCUT2D eigenvalue weighted by molar-refractivity contribution is 5.90. The Bertz CT molecular complexity index is 769. The number of carbonyl (C=O) groups is 1. The van der Waals surface area contributed by atoms with Gasteiger partial charge in [-0.3, -0.25) is 0 Å². The first-order valence-electron chi connectivity index (χ1n) is 8.41. The third-order valence-electron chi connectivity index (χ3n) is 4.83. The molecule has 2 N–H and O–H groups in total. The summed E-state index contributed by atoms with van der Waals surface area (Å²) in [6.07, 6.45) is 2.10. The first kappa shape index (κ1) is 17.1. The second-order valence-electron chi connectivity index (χ2n) is 6.47. The van der Waals surface area contributed by atoms with Gasteiger partial charge in [-0.05, 0) is 49.1 Å². The standard InChI is InChI=1S/C20H24N2O3/c1-14-6-4-5-7-16(14)22-19(23)21-13-20(10-11-20)15-8-9-17(24-2)18(12-15)25-3/h4-9,12H,10-11,13H2,1-3H3,(H2,21,22,23). The fourth-order valence-corrected chi connectivity index (χ4v) is 3.01. The maximum absolute atomic E-state index is 12.2. The minimum atomic E-state index is -0.180. The lowest BCUT2D eigenvalue weighted by molar-refractivity contribution is 0.251. The molecule has 0 aromatic heterocycles. The molecule has 0 aliphatic heterocycles. The molecule has 5 heteroatoms. The highest BCUT2D eigenvalue weighted by Crippen LogP contribution is 2.49. The number of urea groups is 1. The number of hydrogen-bond acceptors (Lipinski definition) is 3. The molecule has 1 fully saturated rings.